The summed E-state index contributed by atoms with van der Waals surface area (Å²) in [4.78, 5) is 40.2. The lowest BCUT2D eigenvalue weighted by atomic mass is 9.96. The van der Waals surface area contributed by atoms with Gasteiger partial charge in [0.2, 0.25) is 11.8 Å². The average molecular weight is 590 g/mol. The highest BCUT2D eigenvalue weighted by Gasteiger charge is 2.26. The quantitative estimate of drug-likeness (QED) is 0.191. The summed E-state index contributed by atoms with van der Waals surface area (Å²) in [6.45, 7) is 21.1. The van der Waals surface area contributed by atoms with Gasteiger partial charge in [0.25, 0.3) is 0 Å². The van der Waals surface area contributed by atoms with Crippen molar-refractivity contribution in [3.8, 4) is 0 Å². The summed E-state index contributed by atoms with van der Waals surface area (Å²) in [5.41, 5.74) is 0.272. The molecule has 0 radical (unpaired) electrons. The van der Waals surface area contributed by atoms with E-state index in [4.69, 9.17) is 18.9 Å². The van der Waals surface area contributed by atoms with Crippen LogP contribution in [0.5, 0.6) is 0 Å². The van der Waals surface area contributed by atoms with Crippen molar-refractivity contribution < 1.29 is 33.3 Å². The zero-order valence-electron chi connectivity index (χ0n) is 25.9. The first-order valence-electron chi connectivity index (χ1n) is 14.6. The van der Waals surface area contributed by atoms with E-state index in [1.54, 1.807) is 18.7 Å². The number of rotatable bonds is 22. The highest BCUT2D eigenvalue weighted by atomic mass is 32.2. The highest BCUT2D eigenvalue weighted by Crippen LogP contribution is 2.29. The van der Waals surface area contributed by atoms with Crippen LogP contribution in [0.1, 0.15) is 60.8 Å². The number of nitrogens with one attached hydrogen (secondary N) is 1. The second-order valence-corrected chi connectivity index (χ2v) is 13.7. The molecule has 1 rings (SSSR count). The minimum absolute atomic E-state index is 0.0263. The van der Waals surface area contributed by atoms with Gasteiger partial charge in [0.05, 0.1) is 58.6 Å². The van der Waals surface area contributed by atoms with Crippen LogP contribution in [-0.2, 0) is 33.3 Å². The van der Waals surface area contributed by atoms with E-state index in [-0.39, 0.29) is 27.8 Å². The van der Waals surface area contributed by atoms with Crippen molar-refractivity contribution in [1.29, 1.82) is 0 Å². The molecular formula is C29H55N3O7S. The summed E-state index contributed by atoms with van der Waals surface area (Å²) in [6.07, 6.45) is 1.69. The smallest absolute Gasteiger partial charge is 0.230 e. The lowest BCUT2D eigenvalue weighted by Gasteiger charge is -2.38. The van der Waals surface area contributed by atoms with Crippen LogP contribution in [0.3, 0.4) is 0 Å². The Labute approximate surface area is 246 Å². The number of hydrogen-bond acceptors (Lipinski definition) is 9. The summed E-state index contributed by atoms with van der Waals surface area (Å²) in [7, 11) is 0. The molecule has 0 spiro atoms. The van der Waals surface area contributed by atoms with Gasteiger partial charge in [-0.2, -0.15) is 0 Å². The Hall–Kier alpha value is -1.24. The topological polar surface area (TPSA) is 107 Å². The number of hydrogen-bond donors (Lipinski definition) is 1. The van der Waals surface area contributed by atoms with Crippen LogP contribution in [-0.4, -0.2) is 130 Å². The predicted molar refractivity (Wildman–Crippen MR) is 160 cm³/mol. The molecule has 1 N–H and O–H groups in total. The summed E-state index contributed by atoms with van der Waals surface area (Å²) >= 11 is 1.58. The third-order valence-electron chi connectivity index (χ3n) is 6.24. The van der Waals surface area contributed by atoms with E-state index in [1.165, 1.54) is 0 Å². The Morgan fingerprint density at radius 1 is 0.750 bits per heavy atom. The second-order valence-electron chi connectivity index (χ2n) is 12.0. The zero-order valence-corrected chi connectivity index (χ0v) is 26.7. The third kappa shape index (κ3) is 20.6. The van der Waals surface area contributed by atoms with Crippen LogP contribution in [0.25, 0.3) is 0 Å². The fourth-order valence-corrected chi connectivity index (χ4v) is 4.89. The molecular weight excluding hydrogens is 534 g/mol. The predicted octanol–water partition coefficient (Wildman–Crippen LogP) is 2.63. The van der Waals surface area contributed by atoms with Gasteiger partial charge in [-0.05, 0) is 18.8 Å². The van der Waals surface area contributed by atoms with Gasteiger partial charge in [-0.3, -0.25) is 19.3 Å². The van der Waals surface area contributed by atoms with Gasteiger partial charge in [0.1, 0.15) is 5.78 Å². The van der Waals surface area contributed by atoms with Crippen LogP contribution < -0.4 is 5.32 Å². The van der Waals surface area contributed by atoms with Gasteiger partial charge in [0, 0.05) is 56.9 Å². The van der Waals surface area contributed by atoms with Crippen LogP contribution in [0.2, 0.25) is 0 Å². The Morgan fingerprint density at radius 2 is 1.27 bits per heavy atom. The first-order chi connectivity index (χ1) is 18.9. The summed E-state index contributed by atoms with van der Waals surface area (Å²) in [5, 5.41) is 2.88. The normalized spacial score (nSPS) is 14.9. The fraction of sp³-hybridized carbons (Fsp3) is 0.897. The molecule has 40 heavy (non-hydrogen) atoms. The average Bonchev–Trinajstić information content (AvgIpc) is 2.88. The molecule has 1 aliphatic heterocycles. The van der Waals surface area contributed by atoms with Crippen molar-refractivity contribution in [2.45, 2.75) is 65.6 Å². The maximum atomic E-state index is 12.7. The minimum atomic E-state index is -0.152. The molecule has 0 unspecified atom stereocenters. The molecule has 0 bridgehead atoms. The molecule has 10 nitrogen and oxygen atoms in total. The van der Waals surface area contributed by atoms with Crippen LogP contribution in [0, 0.1) is 5.41 Å². The SMILES string of the molecule is CC(=O)CCOCCOCCOCCOCCNC(=O)CSC(C)(C)CCC(=O)N1CCN(CC(C)(C)C)CC1. The second kappa shape index (κ2) is 20.6. The van der Waals surface area contributed by atoms with Crippen molar-refractivity contribution in [3.05, 3.63) is 0 Å². The molecule has 0 atom stereocenters. The third-order valence-corrected chi connectivity index (χ3v) is 7.63. The zero-order chi connectivity index (χ0) is 29.9. The molecule has 2 amide bonds. The Balaban J connectivity index is 1.98. The maximum Gasteiger partial charge on any atom is 0.230 e. The number of carbonyl (C=O) groups is 3. The van der Waals surface area contributed by atoms with Gasteiger partial charge in [-0.25, -0.2) is 0 Å². The first kappa shape index (κ1) is 36.8. The molecule has 11 heteroatoms. The van der Waals surface area contributed by atoms with Gasteiger partial charge in [0.15, 0.2) is 0 Å². The summed E-state index contributed by atoms with van der Waals surface area (Å²) in [6, 6.07) is 0. The van der Waals surface area contributed by atoms with Crippen LogP contribution in [0.15, 0.2) is 0 Å². The molecule has 0 saturated carbocycles. The largest absolute Gasteiger partial charge is 0.379 e. The highest BCUT2D eigenvalue weighted by molar-refractivity contribution is 8.01. The molecule has 1 heterocycles. The number of Topliss-reactive ketones (excluding diaryl/α,β-unsaturated/α-hetero) is 1. The van der Waals surface area contributed by atoms with E-state index >= 15 is 0 Å². The van der Waals surface area contributed by atoms with E-state index in [0.717, 1.165) is 39.1 Å². The fourth-order valence-electron chi connectivity index (χ4n) is 4.02. The van der Waals surface area contributed by atoms with E-state index in [0.29, 0.717) is 78.0 Å². The molecule has 234 valence electrons. The Kier molecular flexibility index (Phi) is 19.0. The van der Waals surface area contributed by atoms with Crippen molar-refractivity contribution in [3.63, 3.8) is 0 Å². The monoisotopic (exact) mass is 589 g/mol. The van der Waals surface area contributed by atoms with Crippen molar-refractivity contribution in [2.24, 2.45) is 5.41 Å². The molecule has 1 aliphatic rings. The molecule has 0 aliphatic carbocycles. The first-order valence-corrected chi connectivity index (χ1v) is 15.6. The number of amides is 2. The number of nitrogens with zero attached hydrogens (tertiary/aromatic N) is 2. The lowest BCUT2D eigenvalue weighted by molar-refractivity contribution is -0.133. The minimum Gasteiger partial charge on any atom is -0.379 e. The van der Waals surface area contributed by atoms with E-state index in [9.17, 15) is 14.4 Å². The number of carbonyl (C=O) groups excluding carboxylic acids is 3. The van der Waals surface area contributed by atoms with Gasteiger partial charge in [-0.15, -0.1) is 11.8 Å². The number of ketones is 1. The molecule has 0 aromatic rings. The van der Waals surface area contributed by atoms with Gasteiger partial charge < -0.3 is 29.2 Å². The maximum absolute atomic E-state index is 12.7. The number of piperazine rings is 1. The number of thioether (sulfide) groups is 1. The van der Waals surface area contributed by atoms with Crippen LogP contribution in [0.4, 0.5) is 0 Å². The molecule has 0 aromatic heterocycles. The van der Waals surface area contributed by atoms with Gasteiger partial charge in [-0.1, -0.05) is 34.6 Å². The lowest BCUT2D eigenvalue weighted by Crippen LogP contribution is -2.50. The van der Waals surface area contributed by atoms with Gasteiger partial charge >= 0.3 is 0 Å². The van der Waals surface area contributed by atoms with Crippen molar-refractivity contribution in [1.82, 2.24) is 15.1 Å². The van der Waals surface area contributed by atoms with Crippen LogP contribution >= 0.6 is 11.8 Å². The summed E-state index contributed by atoms with van der Waals surface area (Å²) in [5.74, 6) is 0.669. The standard InChI is InChI=1S/C29H55N3O7S/c1-25(33)8-15-36-17-19-38-21-22-39-20-18-37-16-10-30-26(34)23-40-29(5,6)9-7-27(35)32-13-11-31(12-14-32)24-28(2,3)4/h7-24H2,1-6H3,(H,30,34). The van der Waals surface area contributed by atoms with E-state index in [2.05, 4.69) is 44.8 Å². The summed E-state index contributed by atoms with van der Waals surface area (Å²) < 4.78 is 21.4. The molecule has 1 saturated heterocycles. The molecule has 0 aromatic carbocycles. The van der Waals surface area contributed by atoms with Crippen molar-refractivity contribution in [2.75, 3.05) is 97.9 Å². The Bertz CT molecular complexity index is 723. The van der Waals surface area contributed by atoms with E-state index in [1.807, 2.05) is 4.90 Å². The van der Waals surface area contributed by atoms with E-state index < -0.39 is 0 Å². The Morgan fingerprint density at radius 3 is 1.80 bits per heavy atom. The number of ether oxygens (including phenoxy) is 4. The molecule has 1 fully saturated rings. The van der Waals surface area contributed by atoms with Crippen molar-refractivity contribution >= 4 is 29.4 Å².